The van der Waals surface area contributed by atoms with Crippen LogP contribution in [0.1, 0.15) is 23.6 Å². The molecule has 1 aromatic heterocycles. The van der Waals surface area contributed by atoms with Crippen molar-refractivity contribution >= 4 is 6.03 Å². The summed E-state index contributed by atoms with van der Waals surface area (Å²) in [6.07, 6.45) is 1.93. The molecular weight excluding hydrogens is 294 g/mol. The van der Waals surface area contributed by atoms with Crippen LogP contribution < -0.4 is 10.6 Å². The number of aromatic nitrogens is 3. The highest BCUT2D eigenvalue weighted by Crippen LogP contribution is 2.13. The summed E-state index contributed by atoms with van der Waals surface area (Å²) in [6, 6.07) is 9.39. The fourth-order valence-electron chi connectivity index (χ4n) is 2.73. The Hall–Kier alpha value is -2.41. The molecule has 23 heavy (non-hydrogen) atoms. The number of rotatable bonds is 6. The van der Waals surface area contributed by atoms with Crippen LogP contribution in [0.25, 0.3) is 0 Å². The van der Waals surface area contributed by atoms with Crippen LogP contribution in [-0.2, 0) is 25.9 Å². The number of carbonyl (C=O) groups excluding carboxylic acids is 1. The molecule has 1 aliphatic rings. The van der Waals surface area contributed by atoms with Crippen molar-refractivity contribution in [3.8, 4) is 0 Å². The number of aliphatic hydroxyl groups is 1. The SMILES string of the molecule is O=C(NCc1nnc2n1CCC2)NCC(O)Cc1ccccc1. The standard InChI is InChI=1S/C16H21N5O2/c22-13(9-12-5-2-1-3-6-12)10-17-16(23)18-11-15-20-19-14-7-4-8-21(14)15/h1-3,5-6,13,22H,4,7-11H2,(H2,17,18,23). The molecule has 7 nitrogen and oxygen atoms in total. The van der Waals surface area contributed by atoms with E-state index in [0.717, 1.165) is 36.6 Å². The topological polar surface area (TPSA) is 92.1 Å². The molecule has 7 heteroatoms. The molecule has 1 unspecified atom stereocenters. The fraction of sp³-hybridized carbons (Fsp3) is 0.438. The molecule has 2 aromatic rings. The van der Waals surface area contributed by atoms with E-state index < -0.39 is 6.10 Å². The number of hydrogen-bond acceptors (Lipinski definition) is 4. The number of amides is 2. The Morgan fingerprint density at radius 3 is 2.91 bits per heavy atom. The van der Waals surface area contributed by atoms with Crippen molar-refractivity contribution in [1.29, 1.82) is 0 Å². The zero-order valence-electron chi connectivity index (χ0n) is 12.9. The normalized spacial score (nSPS) is 14.3. The summed E-state index contributed by atoms with van der Waals surface area (Å²) >= 11 is 0. The van der Waals surface area contributed by atoms with E-state index in [0.29, 0.717) is 13.0 Å². The number of aliphatic hydroxyl groups excluding tert-OH is 1. The number of nitrogens with one attached hydrogen (secondary N) is 2. The number of carbonyl (C=O) groups is 1. The second kappa shape index (κ2) is 7.23. The van der Waals surface area contributed by atoms with Crippen LogP contribution in [-0.4, -0.2) is 38.6 Å². The highest BCUT2D eigenvalue weighted by molar-refractivity contribution is 5.73. The first-order chi connectivity index (χ1) is 11.2. The third kappa shape index (κ3) is 4.07. The van der Waals surface area contributed by atoms with Crippen molar-refractivity contribution in [2.75, 3.05) is 6.54 Å². The summed E-state index contributed by atoms with van der Waals surface area (Å²) in [6.45, 7) is 1.46. The number of aryl methyl sites for hydroxylation is 1. The van der Waals surface area contributed by atoms with Gasteiger partial charge in [0.25, 0.3) is 0 Å². The van der Waals surface area contributed by atoms with Crippen LogP contribution in [0.15, 0.2) is 30.3 Å². The summed E-state index contributed by atoms with van der Waals surface area (Å²) < 4.78 is 2.05. The van der Waals surface area contributed by atoms with E-state index >= 15 is 0 Å². The highest BCUT2D eigenvalue weighted by atomic mass is 16.3. The van der Waals surface area contributed by atoms with E-state index in [1.165, 1.54) is 0 Å². The van der Waals surface area contributed by atoms with Crippen LogP contribution in [0.4, 0.5) is 4.79 Å². The van der Waals surface area contributed by atoms with E-state index in [-0.39, 0.29) is 12.6 Å². The second-order valence-corrected chi connectivity index (χ2v) is 5.69. The maximum atomic E-state index is 11.8. The number of fused-ring (bicyclic) bond motifs is 1. The predicted octanol–water partition coefficient (Wildman–Crippen LogP) is 0.627. The first-order valence-corrected chi connectivity index (χ1v) is 7.87. The van der Waals surface area contributed by atoms with E-state index in [9.17, 15) is 9.90 Å². The van der Waals surface area contributed by atoms with Crippen molar-refractivity contribution < 1.29 is 9.90 Å². The van der Waals surface area contributed by atoms with E-state index in [1.807, 2.05) is 34.9 Å². The van der Waals surface area contributed by atoms with Crippen molar-refractivity contribution in [2.24, 2.45) is 0 Å². The minimum Gasteiger partial charge on any atom is -0.391 e. The van der Waals surface area contributed by atoms with Crippen LogP contribution in [0.3, 0.4) is 0 Å². The highest BCUT2D eigenvalue weighted by Gasteiger charge is 2.17. The Bertz CT molecular complexity index is 656. The molecule has 122 valence electrons. The van der Waals surface area contributed by atoms with Gasteiger partial charge in [-0.25, -0.2) is 4.79 Å². The van der Waals surface area contributed by atoms with Crippen LogP contribution in [0.5, 0.6) is 0 Å². The number of urea groups is 1. The number of nitrogens with zero attached hydrogens (tertiary/aromatic N) is 3. The van der Waals surface area contributed by atoms with Gasteiger partial charge in [-0.1, -0.05) is 30.3 Å². The van der Waals surface area contributed by atoms with E-state index in [1.54, 1.807) is 0 Å². The molecule has 1 atom stereocenters. The lowest BCUT2D eigenvalue weighted by atomic mass is 10.1. The average Bonchev–Trinajstić information content (AvgIpc) is 3.16. The zero-order chi connectivity index (χ0) is 16.1. The lowest BCUT2D eigenvalue weighted by Crippen LogP contribution is -2.40. The molecule has 0 spiro atoms. The third-order valence-electron chi connectivity index (χ3n) is 3.91. The molecular formula is C16H21N5O2. The molecule has 0 radical (unpaired) electrons. The molecule has 2 amide bonds. The van der Waals surface area contributed by atoms with Gasteiger partial charge in [0.2, 0.25) is 0 Å². The molecule has 2 heterocycles. The Kier molecular flexibility index (Phi) is 4.87. The summed E-state index contributed by atoms with van der Waals surface area (Å²) in [7, 11) is 0. The number of hydrogen-bond donors (Lipinski definition) is 3. The summed E-state index contributed by atoms with van der Waals surface area (Å²) in [5.41, 5.74) is 1.04. The molecule has 1 aromatic carbocycles. The van der Waals surface area contributed by atoms with E-state index in [2.05, 4.69) is 20.8 Å². The van der Waals surface area contributed by atoms with Crippen molar-refractivity contribution in [3.63, 3.8) is 0 Å². The molecule has 0 fully saturated rings. The first-order valence-electron chi connectivity index (χ1n) is 7.87. The molecule has 3 rings (SSSR count). The van der Waals surface area contributed by atoms with Gasteiger partial charge >= 0.3 is 6.03 Å². The molecule has 3 N–H and O–H groups in total. The molecule has 0 aliphatic carbocycles. The second-order valence-electron chi connectivity index (χ2n) is 5.69. The predicted molar refractivity (Wildman–Crippen MR) is 84.7 cm³/mol. The maximum absolute atomic E-state index is 11.8. The Morgan fingerprint density at radius 1 is 1.26 bits per heavy atom. The van der Waals surface area contributed by atoms with Gasteiger partial charge in [-0.2, -0.15) is 0 Å². The first kappa shape index (κ1) is 15.5. The Morgan fingerprint density at radius 2 is 2.09 bits per heavy atom. The largest absolute Gasteiger partial charge is 0.391 e. The minimum absolute atomic E-state index is 0.207. The van der Waals surface area contributed by atoms with Gasteiger partial charge in [0.15, 0.2) is 5.82 Å². The third-order valence-corrected chi connectivity index (χ3v) is 3.91. The fourth-order valence-corrected chi connectivity index (χ4v) is 2.73. The molecule has 0 bridgehead atoms. The Balaban J connectivity index is 1.39. The zero-order valence-corrected chi connectivity index (χ0v) is 12.9. The van der Waals surface area contributed by atoms with E-state index in [4.69, 9.17) is 0 Å². The smallest absolute Gasteiger partial charge is 0.315 e. The van der Waals surface area contributed by atoms with Crippen LogP contribution in [0.2, 0.25) is 0 Å². The lowest BCUT2D eigenvalue weighted by molar-refractivity contribution is 0.170. The molecule has 0 saturated carbocycles. The molecule has 0 saturated heterocycles. The Labute approximate surface area is 134 Å². The lowest BCUT2D eigenvalue weighted by Gasteiger charge is -2.12. The monoisotopic (exact) mass is 315 g/mol. The summed E-state index contributed by atoms with van der Waals surface area (Å²) in [5.74, 6) is 1.76. The van der Waals surface area contributed by atoms with Crippen molar-refractivity contribution in [3.05, 3.63) is 47.5 Å². The summed E-state index contributed by atoms with van der Waals surface area (Å²) in [4.78, 5) is 11.8. The van der Waals surface area contributed by atoms with Gasteiger partial charge in [0, 0.05) is 25.9 Å². The van der Waals surface area contributed by atoms with Crippen LogP contribution in [0, 0.1) is 0 Å². The van der Waals surface area contributed by atoms with Crippen LogP contribution >= 0.6 is 0 Å². The quantitative estimate of drug-likeness (QED) is 0.729. The van der Waals surface area contributed by atoms with Gasteiger partial charge in [-0.15, -0.1) is 10.2 Å². The summed E-state index contributed by atoms with van der Waals surface area (Å²) in [5, 5.41) is 23.6. The van der Waals surface area contributed by atoms with Gasteiger partial charge in [-0.05, 0) is 12.0 Å². The molecule has 1 aliphatic heterocycles. The average molecular weight is 315 g/mol. The van der Waals surface area contributed by atoms with Gasteiger partial charge in [0.1, 0.15) is 5.82 Å². The minimum atomic E-state index is -0.611. The maximum Gasteiger partial charge on any atom is 0.315 e. The number of benzene rings is 1. The van der Waals surface area contributed by atoms with Crippen molar-refractivity contribution in [2.45, 2.75) is 38.5 Å². The van der Waals surface area contributed by atoms with Gasteiger partial charge < -0.3 is 20.3 Å². The van der Waals surface area contributed by atoms with Crippen molar-refractivity contribution in [1.82, 2.24) is 25.4 Å². The van der Waals surface area contributed by atoms with Gasteiger partial charge in [0.05, 0.1) is 12.6 Å². The van der Waals surface area contributed by atoms with Gasteiger partial charge in [-0.3, -0.25) is 0 Å².